The number of nitrogens with one attached hydrogen (secondary N) is 1. The zero-order chi connectivity index (χ0) is 20.8. The molecule has 3 aromatic rings. The van der Waals surface area contributed by atoms with Crippen molar-refractivity contribution < 1.29 is 9.53 Å². The number of para-hydroxylation sites is 1. The van der Waals surface area contributed by atoms with Crippen LogP contribution in [0.15, 0.2) is 54.6 Å². The molecule has 0 unspecified atom stereocenters. The fraction of sp³-hybridized carbons (Fsp3) is 0.348. The van der Waals surface area contributed by atoms with E-state index in [1.165, 1.54) is 5.56 Å². The third-order valence-corrected chi connectivity index (χ3v) is 5.23. The minimum absolute atomic E-state index is 0.250. The summed E-state index contributed by atoms with van der Waals surface area (Å²) in [4.78, 5) is 25.4. The number of amides is 1. The highest BCUT2D eigenvalue weighted by molar-refractivity contribution is 5.90. The molecule has 1 fully saturated rings. The molecule has 7 heteroatoms. The van der Waals surface area contributed by atoms with Crippen molar-refractivity contribution in [2.24, 2.45) is 0 Å². The first-order chi connectivity index (χ1) is 14.7. The second-order valence-electron chi connectivity index (χ2n) is 7.22. The van der Waals surface area contributed by atoms with Crippen LogP contribution in [0.2, 0.25) is 0 Å². The molecule has 4 rings (SSSR count). The molecular weight excluding hydrogens is 378 g/mol. The molecule has 30 heavy (non-hydrogen) atoms. The molecule has 1 aliphatic heterocycles. The predicted octanol–water partition coefficient (Wildman–Crippen LogP) is 3.56. The highest BCUT2D eigenvalue weighted by Gasteiger charge is 2.24. The minimum atomic E-state index is -0.250. The first-order valence-corrected chi connectivity index (χ1v) is 10.5. The molecule has 0 aliphatic carbocycles. The molecule has 0 saturated carbocycles. The Hall–Kier alpha value is -3.35. The third kappa shape index (κ3) is 4.62. The molecule has 0 atom stereocenters. The number of benzene rings is 2. The summed E-state index contributed by atoms with van der Waals surface area (Å²) in [6, 6.07) is 18.5. The van der Waals surface area contributed by atoms with Crippen LogP contribution >= 0.6 is 0 Å². The molecule has 2 heterocycles. The number of ether oxygens (including phenoxy) is 1. The van der Waals surface area contributed by atoms with Crippen LogP contribution in [0.4, 0.5) is 16.6 Å². The molecular formula is C23H27N5O2. The summed E-state index contributed by atoms with van der Waals surface area (Å²) in [7, 11) is 0. The van der Waals surface area contributed by atoms with Crippen molar-refractivity contribution >= 4 is 28.8 Å². The Morgan fingerprint density at radius 2 is 1.73 bits per heavy atom. The fourth-order valence-corrected chi connectivity index (χ4v) is 3.61. The average Bonchev–Trinajstić information content (AvgIpc) is 2.80. The van der Waals surface area contributed by atoms with Gasteiger partial charge in [-0.3, -0.25) is 0 Å². The van der Waals surface area contributed by atoms with Crippen molar-refractivity contribution in [1.29, 1.82) is 0 Å². The van der Waals surface area contributed by atoms with E-state index < -0.39 is 0 Å². The summed E-state index contributed by atoms with van der Waals surface area (Å²) in [6.45, 7) is 5.58. The highest BCUT2D eigenvalue weighted by Crippen LogP contribution is 2.24. The summed E-state index contributed by atoms with van der Waals surface area (Å²) in [5, 5.41) is 4.51. The zero-order valence-corrected chi connectivity index (χ0v) is 17.3. The van der Waals surface area contributed by atoms with Gasteiger partial charge in [0.2, 0.25) is 5.95 Å². The molecule has 1 aliphatic rings. The van der Waals surface area contributed by atoms with Gasteiger partial charge < -0.3 is 19.9 Å². The standard InChI is InChI=1S/C23H27N5O2/c1-2-30-23(29)28-16-14-27(15-17-28)22-25-20-11-7-6-10-19(20)21(26-22)24-13-12-18-8-4-3-5-9-18/h3-11H,2,12-17H2,1H3,(H,24,25,26). The summed E-state index contributed by atoms with van der Waals surface area (Å²) >= 11 is 0. The number of carbonyl (C=O) groups excluding carboxylic acids is 1. The smallest absolute Gasteiger partial charge is 0.409 e. The molecule has 1 N–H and O–H groups in total. The van der Waals surface area contributed by atoms with E-state index in [0.29, 0.717) is 38.7 Å². The van der Waals surface area contributed by atoms with E-state index in [1.54, 1.807) is 4.90 Å². The van der Waals surface area contributed by atoms with Gasteiger partial charge in [0.1, 0.15) is 5.82 Å². The molecule has 0 radical (unpaired) electrons. The van der Waals surface area contributed by atoms with E-state index in [4.69, 9.17) is 14.7 Å². The molecule has 1 saturated heterocycles. The molecule has 7 nitrogen and oxygen atoms in total. The number of fused-ring (bicyclic) bond motifs is 1. The second kappa shape index (κ2) is 9.43. The van der Waals surface area contributed by atoms with Crippen LogP contribution < -0.4 is 10.2 Å². The highest BCUT2D eigenvalue weighted by atomic mass is 16.6. The topological polar surface area (TPSA) is 70.6 Å². The van der Waals surface area contributed by atoms with Gasteiger partial charge in [-0.1, -0.05) is 42.5 Å². The lowest BCUT2D eigenvalue weighted by molar-refractivity contribution is 0.105. The van der Waals surface area contributed by atoms with Gasteiger partial charge in [-0.15, -0.1) is 0 Å². The number of hydrogen-bond donors (Lipinski definition) is 1. The van der Waals surface area contributed by atoms with E-state index in [9.17, 15) is 4.79 Å². The van der Waals surface area contributed by atoms with Crippen LogP contribution in [0.1, 0.15) is 12.5 Å². The van der Waals surface area contributed by atoms with Gasteiger partial charge in [-0.2, -0.15) is 4.98 Å². The number of piperazine rings is 1. The van der Waals surface area contributed by atoms with Crippen molar-refractivity contribution in [1.82, 2.24) is 14.9 Å². The van der Waals surface area contributed by atoms with E-state index in [0.717, 1.165) is 29.7 Å². The molecule has 2 aromatic carbocycles. The average molecular weight is 406 g/mol. The summed E-state index contributed by atoms with van der Waals surface area (Å²) in [6.07, 6.45) is 0.673. The van der Waals surface area contributed by atoms with E-state index in [1.807, 2.05) is 37.3 Å². The van der Waals surface area contributed by atoms with Crippen molar-refractivity contribution in [3.8, 4) is 0 Å². The first-order valence-electron chi connectivity index (χ1n) is 10.5. The Kier molecular flexibility index (Phi) is 6.27. The van der Waals surface area contributed by atoms with Gasteiger partial charge in [0.15, 0.2) is 0 Å². The molecule has 1 amide bonds. The van der Waals surface area contributed by atoms with Gasteiger partial charge in [-0.25, -0.2) is 9.78 Å². The first kappa shape index (κ1) is 19.9. The Bertz CT molecular complexity index is 987. The summed E-state index contributed by atoms with van der Waals surface area (Å²) in [5.74, 6) is 1.54. The normalized spacial score (nSPS) is 14.0. The molecule has 1 aromatic heterocycles. The van der Waals surface area contributed by atoms with Crippen LogP contribution in [0.5, 0.6) is 0 Å². The number of anilines is 2. The Morgan fingerprint density at radius 3 is 2.50 bits per heavy atom. The van der Waals surface area contributed by atoms with Gasteiger partial charge >= 0.3 is 6.09 Å². The van der Waals surface area contributed by atoms with Crippen molar-refractivity contribution in [2.45, 2.75) is 13.3 Å². The van der Waals surface area contributed by atoms with Gasteiger partial charge in [-0.05, 0) is 31.0 Å². The maximum atomic E-state index is 11.9. The van der Waals surface area contributed by atoms with Crippen LogP contribution in [-0.2, 0) is 11.2 Å². The van der Waals surface area contributed by atoms with Crippen molar-refractivity contribution in [3.05, 3.63) is 60.2 Å². The van der Waals surface area contributed by atoms with Gasteiger partial charge in [0, 0.05) is 38.1 Å². The summed E-state index contributed by atoms with van der Waals surface area (Å²) < 4.78 is 5.11. The van der Waals surface area contributed by atoms with Crippen molar-refractivity contribution in [3.63, 3.8) is 0 Å². The minimum Gasteiger partial charge on any atom is -0.450 e. The van der Waals surface area contributed by atoms with Crippen LogP contribution in [0.25, 0.3) is 10.9 Å². The number of aromatic nitrogens is 2. The monoisotopic (exact) mass is 405 g/mol. The van der Waals surface area contributed by atoms with Crippen LogP contribution in [0, 0.1) is 0 Å². The van der Waals surface area contributed by atoms with Crippen LogP contribution in [-0.4, -0.2) is 60.3 Å². The quantitative estimate of drug-likeness (QED) is 0.676. The number of carbonyl (C=O) groups is 1. The molecule has 0 bridgehead atoms. The zero-order valence-electron chi connectivity index (χ0n) is 17.3. The Balaban J connectivity index is 1.48. The lowest BCUT2D eigenvalue weighted by Gasteiger charge is -2.34. The molecule has 156 valence electrons. The van der Waals surface area contributed by atoms with E-state index in [2.05, 4.69) is 34.5 Å². The fourth-order valence-electron chi connectivity index (χ4n) is 3.61. The van der Waals surface area contributed by atoms with Gasteiger partial charge in [0.05, 0.1) is 12.1 Å². The Morgan fingerprint density at radius 1 is 1.00 bits per heavy atom. The Labute approximate surface area is 176 Å². The lowest BCUT2D eigenvalue weighted by atomic mass is 10.1. The summed E-state index contributed by atoms with van der Waals surface area (Å²) in [5.41, 5.74) is 2.20. The van der Waals surface area contributed by atoms with E-state index >= 15 is 0 Å². The maximum absolute atomic E-state index is 11.9. The SMILES string of the molecule is CCOC(=O)N1CCN(c2nc(NCCc3ccccc3)c3ccccc3n2)CC1. The molecule has 0 spiro atoms. The largest absolute Gasteiger partial charge is 0.450 e. The predicted molar refractivity (Wildman–Crippen MR) is 119 cm³/mol. The van der Waals surface area contributed by atoms with E-state index in [-0.39, 0.29) is 6.09 Å². The second-order valence-corrected chi connectivity index (χ2v) is 7.22. The van der Waals surface area contributed by atoms with Crippen molar-refractivity contribution in [2.75, 3.05) is 49.5 Å². The number of hydrogen-bond acceptors (Lipinski definition) is 6. The lowest BCUT2D eigenvalue weighted by Crippen LogP contribution is -2.49. The van der Waals surface area contributed by atoms with Crippen LogP contribution in [0.3, 0.4) is 0 Å². The third-order valence-electron chi connectivity index (χ3n) is 5.23. The maximum Gasteiger partial charge on any atom is 0.409 e. The number of nitrogens with zero attached hydrogens (tertiary/aromatic N) is 4. The number of rotatable bonds is 6. The van der Waals surface area contributed by atoms with Gasteiger partial charge in [0.25, 0.3) is 0 Å².